The Morgan fingerprint density at radius 1 is 1.03 bits per heavy atom. The van der Waals surface area contributed by atoms with Gasteiger partial charge in [-0.3, -0.25) is 19.5 Å². The first-order chi connectivity index (χ1) is 17.8. The largest absolute Gasteiger partial charge is 0.507 e. The fraction of sp³-hybridized carbons (Fsp3) is 0.194. The molecule has 2 heterocycles. The SMILES string of the molecule is COc1cc(C)c(/C(O)=C2\C(=O)C(=O)N(c3cccc4ccccc34)C2c2cccnc2)cc1C(C)C. The molecule has 0 bridgehead atoms. The van der Waals surface area contributed by atoms with Crippen molar-refractivity contribution in [3.05, 3.63) is 107 Å². The number of carbonyl (C=O) groups excluding carboxylic acids is 2. The first-order valence-corrected chi connectivity index (χ1v) is 12.2. The molecule has 1 atom stereocenters. The zero-order chi connectivity index (χ0) is 26.3. The van der Waals surface area contributed by atoms with Crippen LogP contribution in [0.4, 0.5) is 5.69 Å². The smallest absolute Gasteiger partial charge is 0.300 e. The number of methoxy groups -OCH3 is 1. The Labute approximate surface area is 215 Å². The number of aliphatic hydroxyl groups is 1. The number of benzene rings is 3. The van der Waals surface area contributed by atoms with Crippen LogP contribution in [-0.2, 0) is 9.59 Å². The van der Waals surface area contributed by atoms with Crippen LogP contribution in [0.2, 0.25) is 0 Å². The van der Waals surface area contributed by atoms with Gasteiger partial charge in [-0.05, 0) is 59.2 Å². The van der Waals surface area contributed by atoms with E-state index in [4.69, 9.17) is 4.74 Å². The number of anilines is 1. The highest BCUT2D eigenvalue weighted by molar-refractivity contribution is 6.52. The molecule has 0 spiro atoms. The topological polar surface area (TPSA) is 79.7 Å². The third-order valence-corrected chi connectivity index (χ3v) is 6.92. The van der Waals surface area contributed by atoms with Crippen molar-refractivity contribution < 1.29 is 19.4 Å². The predicted octanol–water partition coefficient (Wildman–Crippen LogP) is 6.30. The van der Waals surface area contributed by atoms with E-state index in [9.17, 15) is 14.7 Å². The monoisotopic (exact) mass is 492 g/mol. The highest BCUT2D eigenvalue weighted by atomic mass is 16.5. The number of hydrogen-bond donors (Lipinski definition) is 1. The molecule has 1 fully saturated rings. The summed E-state index contributed by atoms with van der Waals surface area (Å²) in [5.74, 6) is -0.807. The third-order valence-electron chi connectivity index (χ3n) is 6.92. The van der Waals surface area contributed by atoms with Gasteiger partial charge < -0.3 is 9.84 Å². The number of pyridine rings is 1. The molecule has 6 heteroatoms. The van der Waals surface area contributed by atoms with Gasteiger partial charge in [-0.1, -0.05) is 56.3 Å². The van der Waals surface area contributed by atoms with Crippen molar-refractivity contribution in [2.24, 2.45) is 0 Å². The van der Waals surface area contributed by atoms with Gasteiger partial charge in [0.15, 0.2) is 0 Å². The molecular formula is C31H28N2O4. The van der Waals surface area contributed by atoms with Crippen molar-refractivity contribution in [2.75, 3.05) is 12.0 Å². The summed E-state index contributed by atoms with van der Waals surface area (Å²) in [6.45, 7) is 5.92. The van der Waals surface area contributed by atoms with Gasteiger partial charge in [0.1, 0.15) is 11.5 Å². The third kappa shape index (κ3) is 4.04. The molecule has 3 aromatic carbocycles. The van der Waals surface area contributed by atoms with E-state index >= 15 is 0 Å². The fourth-order valence-corrected chi connectivity index (χ4v) is 5.08. The van der Waals surface area contributed by atoms with Gasteiger partial charge >= 0.3 is 0 Å². The normalized spacial score (nSPS) is 17.1. The van der Waals surface area contributed by atoms with Gasteiger partial charge in [0.05, 0.1) is 24.4 Å². The Hall–Kier alpha value is -4.45. The summed E-state index contributed by atoms with van der Waals surface area (Å²) >= 11 is 0. The van der Waals surface area contributed by atoms with Crippen LogP contribution in [0.25, 0.3) is 16.5 Å². The van der Waals surface area contributed by atoms with E-state index < -0.39 is 17.7 Å². The zero-order valence-electron chi connectivity index (χ0n) is 21.2. The van der Waals surface area contributed by atoms with Crippen LogP contribution in [0.3, 0.4) is 0 Å². The lowest BCUT2D eigenvalue weighted by molar-refractivity contribution is -0.132. The molecule has 1 amide bonds. The first kappa shape index (κ1) is 24.3. The lowest BCUT2D eigenvalue weighted by atomic mass is 9.91. The van der Waals surface area contributed by atoms with E-state index in [0.717, 1.165) is 21.9 Å². The highest BCUT2D eigenvalue weighted by Crippen LogP contribution is 2.45. The van der Waals surface area contributed by atoms with Crippen molar-refractivity contribution in [2.45, 2.75) is 32.7 Å². The number of aliphatic hydroxyl groups excluding tert-OH is 1. The molecule has 1 aliphatic heterocycles. The summed E-state index contributed by atoms with van der Waals surface area (Å²) in [5.41, 5.74) is 3.40. The summed E-state index contributed by atoms with van der Waals surface area (Å²) in [7, 11) is 1.61. The standard InChI is InChI=1S/C31H28N2O4/c1-18(2)23-16-24(19(3)15-26(23)37-4)29(34)27-28(21-11-8-14-32-17-21)33(31(36)30(27)35)25-13-7-10-20-9-5-6-12-22(20)25/h5-18,28,34H,1-4H3/b29-27+. The molecule has 1 aliphatic rings. The van der Waals surface area contributed by atoms with Crippen LogP contribution in [0.1, 0.15) is 48.1 Å². The summed E-state index contributed by atoms with van der Waals surface area (Å²) in [5, 5.41) is 13.5. The average Bonchev–Trinajstić information content (AvgIpc) is 3.18. The Morgan fingerprint density at radius 2 is 1.78 bits per heavy atom. The van der Waals surface area contributed by atoms with E-state index in [2.05, 4.69) is 4.98 Å². The minimum absolute atomic E-state index is 0.0360. The molecule has 1 unspecified atom stereocenters. The number of aromatic nitrogens is 1. The van der Waals surface area contributed by atoms with E-state index in [1.807, 2.05) is 81.4 Å². The highest BCUT2D eigenvalue weighted by Gasteiger charge is 2.47. The summed E-state index contributed by atoms with van der Waals surface area (Å²) in [4.78, 5) is 33.0. The number of amides is 1. The van der Waals surface area contributed by atoms with Gasteiger partial charge in [-0.2, -0.15) is 0 Å². The Kier molecular flexibility index (Phi) is 6.25. The molecule has 0 saturated carbocycles. The number of carbonyl (C=O) groups is 2. The van der Waals surface area contributed by atoms with Crippen LogP contribution in [-0.4, -0.2) is 28.9 Å². The molecule has 0 aliphatic carbocycles. The second-order valence-corrected chi connectivity index (χ2v) is 9.52. The zero-order valence-corrected chi connectivity index (χ0v) is 21.2. The van der Waals surface area contributed by atoms with Crippen LogP contribution in [0.15, 0.2) is 84.7 Å². The molecule has 37 heavy (non-hydrogen) atoms. The maximum atomic E-state index is 13.6. The second-order valence-electron chi connectivity index (χ2n) is 9.52. The average molecular weight is 493 g/mol. The van der Waals surface area contributed by atoms with Crippen LogP contribution < -0.4 is 9.64 Å². The second kappa shape index (κ2) is 9.54. The maximum absolute atomic E-state index is 13.6. The summed E-state index contributed by atoms with van der Waals surface area (Å²) < 4.78 is 5.56. The maximum Gasteiger partial charge on any atom is 0.300 e. The Morgan fingerprint density at radius 3 is 2.49 bits per heavy atom. The molecule has 1 saturated heterocycles. The Balaban J connectivity index is 1.78. The molecule has 1 N–H and O–H groups in total. The number of ketones is 1. The van der Waals surface area contributed by atoms with Crippen LogP contribution in [0.5, 0.6) is 5.75 Å². The molecule has 0 radical (unpaired) electrons. The number of aryl methyl sites for hydroxylation is 1. The van der Waals surface area contributed by atoms with Gasteiger partial charge in [-0.15, -0.1) is 0 Å². The van der Waals surface area contributed by atoms with Crippen LogP contribution in [0, 0.1) is 6.92 Å². The number of hydrogen-bond acceptors (Lipinski definition) is 5. The van der Waals surface area contributed by atoms with Crippen molar-refractivity contribution in [1.29, 1.82) is 0 Å². The molecular weight excluding hydrogens is 464 g/mol. The van der Waals surface area contributed by atoms with Gasteiger partial charge in [-0.25, -0.2) is 0 Å². The first-order valence-electron chi connectivity index (χ1n) is 12.2. The number of fused-ring (bicyclic) bond motifs is 1. The van der Waals surface area contributed by atoms with Crippen LogP contribution >= 0.6 is 0 Å². The van der Waals surface area contributed by atoms with Gasteiger partial charge in [0, 0.05) is 23.3 Å². The molecule has 186 valence electrons. The molecule has 1 aromatic heterocycles. The van der Waals surface area contributed by atoms with Crippen molar-refractivity contribution in [3.63, 3.8) is 0 Å². The van der Waals surface area contributed by atoms with Crippen molar-refractivity contribution >= 4 is 33.9 Å². The lowest BCUT2D eigenvalue weighted by Gasteiger charge is -2.26. The molecule has 4 aromatic rings. The molecule has 5 rings (SSSR count). The van der Waals surface area contributed by atoms with E-state index in [0.29, 0.717) is 22.6 Å². The van der Waals surface area contributed by atoms with Gasteiger partial charge in [0.2, 0.25) is 0 Å². The van der Waals surface area contributed by atoms with Gasteiger partial charge in [0.25, 0.3) is 11.7 Å². The quantitative estimate of drug-likeness (QED) is 0.201. The number of nitrogens with zero attached hydrogens (tertiary/aromatic N) is 2. The number of ether oxygens (including phenoxy) is 1. The minimum Gasteiger partial charge on any atom is -0.507 e. The minimum atomic E-state index is -0.844. The Bertz CT molecular complexity index is 1550. The summed E-state index contributed by atoms with van der Waals surface area (Å²) in [6.07, 6.45) is 3.26. The number of Topliss-reactive ketones (excluding diaryl/α,β-unsaturated/α-hetero) is 1. The number of rotatable bonds is 5. The lowest BCUT2D eigenvalue weighted by Crippen LogP contribution is -2.29. The van der Waals surface area contributed by atoms with Crippen molar-refractivity contribution in [3.8, 4) is 5.75 Å². The fourth-order valence-electron chi connectivity index (χ4n) is 5.08. The van der Waals surface area contributed by atoms with Crippen molar-refractivity contribution in [1.82, 2.24) is 4.98 Å². The predicted molar refractivity (Wildman–Crippen MR) is 145 cm³/mol. The van der Waals surface area contributed by atoms with E-state index in [1.165, 1.54) is 4.90 Å². The van der Waals surface area contributed by atoms with E-state index in [1.54, 1.807) is 25.6 Å². The molecule has 6 nitrogen and oxygen atoms in total. The summed E-state index contributed by atoms with van der Waals surface area (Å²) in [6, 6.07) is 19.8. The van der Waals surface area contributed by atoms with E-state index in [-0.39, 0.29) is 17.3 Å².